The standard InChI is InChI=1S/C55H76Cl2O8/c1-8-10-18-48(58)64-50-41(52(60)61)29-36(31-46(50)56)39(37-30-42(53(62)63)51(47(57)32-37)65-49(59)19-11-9-2)17-13-16-35-24-26-54(6)38(28-35)20-21-40-44-23-22-43(34(5)15-12-14-33(3)4)55(44,7)27-25-45(40)54/h17,29-35,38,40,43-45H,8-16,18-28H2,1-7H3,(H,60,61)(H,62,63). The lowest BCUT2D eigenvalue weighted by molar-refractivity contribution is -0.135. The van der Waals surface area contributed by atoms with Gasteiger partial charge in [-0.3, -0.25) is 9.59 Å². The third kappa shape index (κ3) is 11.5. The lowest BCUT2D eigenvalue weighted by Gasteiger charge is -2.61. The highest BCUT2D eigenvalue weighted by Gasteiger charge is 2.60. The van der Waals surface area contributed by atoms with Crippen LogP contribution in [0.25, 0.3) is 5.57 Å². The van der Waals surface area contributed by atoms with E-state index in [1.807, 2.05) is 19.9 Å². The summed E-state index contributed by atoms with van der Waals surface area (Å²) in [7, 11) is 0. The van der Waals surface area contributed by atoms with Gasteiger partial charge in [-0.15, -0.1) is 0 Å². The molecule has 4 aliphatic rings. The van der Waals surface area contributed by atoms with Crippen LogP contribution in [0.2, 0.25) is 10.0 Å². The Morgan fingerprint density at radius 1 is 0.723 bits per heavy atom. The van der Waals surface area contributed by atoms with Gasteiger partial charge < -0.3 is 19.7 Å². The second-order valence-corrected chi connectivity index (χ2v) is 22.3. The monoisotopic (exact) mass is 934 g/mol. The highest BCUT2D eigenvalue weighted by Crippen LogP contribution is 2.69. The van der Waals surface area contributed by atoms with E-state index >= 15 is 0 Å². The first-order chi connectivity index (χ1) is 30.9. The Bertz CT molecular complexity index is 1980. The van der Waals surface area contributed by atoms with E-state index in [0.717, 1.165) is 61.2 Å². The van der Waals surface area contributed by atoms with Crippen molar-refractivity contribution in [1.82, 2.24) is 0 Å². The van der Waals surface area contributed by atoms with Gasteiger partial charge in [-0.25, -0.2) is 9.59 Å². The van der Waals surface area contributed by atoms with Crippen LogP contribution in [0.3, 0.4) is 0 Å². The van der Waals surface area contributed by atoms with Gasteiger partial charge in [0.05, 0.1) is 10.0 Å². The maximum Gasteiger partial charge on any atom is 0.339 e. The molecule has 6 rings (SSSR count). The molecule has 4 saturated carbocycles. The molecule has 10 heteroatoms. The summed E-state index contributed by atoms with van der Waals surface area (Å²) in [6, 6.07) is 5.93. The second-order valence-electron chi connectivity index (χ2n) is 21.5. The highest BCUT2D eigenvalue weighted by molar-refractivity contribution is 6.33. The van der Waals surface area contributed by atoms with Gasteiger partial charge in [-0.1, -0.05) is 110 Å². The third-order valence-corrected chi connectivity index (χ3v) is 17.5. The number of ether oxygens (including phenoxy) is 2. The van der Waals surface area contributed by atoms with Crippen molar-refractivity contribution >= 4 is 52.7 Å². The van der Waals surface area contributed by atoms with Crippen LogP contribution in [0.1, 0.15) is 209 Å². The minimum absolute atomic E-state index is 0.0591. The molecule has 4 aliphatic carbocycles. The fourth-order valence-electron chi connectivity index (χ4n) is 13.5. The molecular weight excluding hydrogens is 860 g/mol. The van der Waals surface area contributed by atoms with Gasteiger partial charge in [0.25, 0.3) is 0 Å². The van der Waals surface area contributed by atoms with Crippen LogP contribution in [-0.2, 0) is 9.59 Å². The van der Waals surface area contributed by atoms with Crippen molar-refractivity contribution in [1.29, 1.82) is 0 Å². The molecule has 2 N–H and O–H groups in total. The molecule has 0 amide bonds. The molecule has 2 aromatic carbocycles. The van der Waals surface area contributed by atoms with Gasteiger partial charge in [0.1, 0.15) is 11.1 Å². The third-order valence-electron chi connectivity index (χ3n) is 17.0. The number of aromatic carboxylic acids is 2. The molecule has 9 atom stereocenters. The number of carbonyl (C=O) groups is 4. The van der Waals surface area contributed by atoms with Crippen molar-refractivity contribution < 1.29 is 38.9 Å². The van der Waals surface area contributed by atoms with Crippen LogP contribution in [0.5, 0.6) is 11.5 Å². The number of carboxylic acid groups (broad SMARTS) is 2. The Hall–Kier alpha value is -3.36. The molecule has 0 aromatic heterocycles. The quantitative estimate of drug-likeness (QED) is 0.0993. The lowest BCUT2D eigenvalue weighted by Crippen LogP contribution is -2.53. The summed E-state index contributed by atoms with van der Waals surface area (Å²) in [5.74, 6) is 1.87. The average Bonchev–Trinajstić information content (AvgIpc) is 3.62. The number of benzene rings is 2. The summed E-state index contributed by atoms with van der Waals surface area (Å²) in [6.45, 7) is 16.5. The zero-order valence-corrected chi connectivity index (χ0v) is 41.8. The van der Waals surface area contributed by atoms with Gasteiger partial charge in [-0.2, -0.15) is 0 Å². The molecule has 358 valence electrons. The van der Waals surface area contributed by atoms with Gasteiger partial charge in [-0.05, 0) is 183 Å². The number of hydrogen-bond donors (Lipinski definition) is 2. The Labute approximate surface area is 399 Å². The first-order valence-corrected chi connectivity index (χ1v) is 25.9. The largest absolute Gasteiger partial charge is 0.478 e. The molecule has 0 heterocycles. The topological polar surface area (TPSA) is 127 Å². The number of allylic oxidation sites excluding steroid dienone is 1. The first-order valence-electron chi connectivity index (χ1n) is 25.2. The molecule has 8 nitrogen and oxygen atoms in total. The van der Waals surface area contributed by atoms with E-state index in [1.54, 1.807) is 12.1 Å². The highest BCUT2D eigenvalue weighted by atomic mass is 35.5. The van der Waals surface area contributed by atoms with Crippen LogP contribution in [0.4, 0.5) is 0 Å². The Kier molecular flexibility index (Phi) is 17.4. The molecule has 2 aromatic rings. The Balaban J connectivity index is 1.23. The van der Waals surface area contributed by atoms with Gasteiger partial charge >= 0.3 is 23.9 Å². The van der Waals surface area contributed by atoms with E-state index in [4.69, 9.17) is 32.7 Å². The Morgan fingerprint density at radius 2 is 1.28 bits per heavy atom. The summed E-state index contributed by atoms with van der Waals surface area (Å²) in [5, 5.41) is 20.6. The maximum absolute atomic E-state index is 12.7. The number of rotatable bonds is 20. The fourth-order valence-corrected chi connectivity index (χ4v) is 14.0. The number of carboxylic acids is 2. The van der Waals surface area contributed by atoms with E-state index in [2.05, 4.69) is 34.6 Å². The SMILES string of the molecule is CCCCC(=O)Oc1c(Cl)cc(C(=CCCC2CCC3(C)C(CCC4C3CCC3(C)C(C(C)CCCC(C)C)CCC43)C2)c2cc(Cl)c(OC(=O)CCCC)c(C(=O)O)c2)cc1C(=O)O. The van der Waals surface area contributed by atoms with Crippen LogP contribution >= 0.6 is 23.2 Å². The van der Waals surface area contributed by atoms with Gasteiger partial charge in [0.2, 0.25) is 0 Å². The average molecular weight is 936 g/mol. The van der Waals surface area contributed by atoms with Crippen LogP contribution in [-0.4, -0.2) is 34.1 Å². The zero-order valence-electron chi connectivity index (χ0n) is 40.2. The minimum Gasteiger partial charge on any atom is -0.478 e. The fraction of sp³-hybridized carbons (Fsp3) is 0.673. The van der Waals surface area contributed by atoms with E-state index < -0.39 is 23.9 Å². The molecular formula is C55H76Cl2O8. The van der Waals surface area contributed by atoms with Crippen molar-refractivity contribution in [2.75, 3.05) is 0 Å². The van der Waals surface area contributed by atoms with Crippen molar-refractivity contribution in [3.8, 4) is 11.5 Å². The molecule has 0 spiro atoms. The van der Waals surface area contributed by atoms with Gasteiger partial charge in [0.15, 0.2) is 11.5 Å². The maximum atomic E-state index is 12.7. The summed E-state index contributed by atoms with van der Waals surface area (Å²) < 4.78 is 11.0. The van der Waals surface area contributed by atoms with E-state index in [0.29, 0.717) is 58.6 Å². The van der Waals surface area contributed by atoms with E-state index in [1.165, 1.54) is 82.8 Å². The van der Waals surface area contributed by atoms with Crippen LogP contribution < -0.4 is 9.47 Å². The number of fused-ring (bicyclic) bond motifs is 5. The first kappa shape index (κ1) is 51.0. The second kappa shape index (κ2) is 22.2. The molecule has 4 fully saturated rings. The summed E-state index contributed by atoms with van der Waals surface area (Å²) in [4.78, 5) is 50.7. The minimum atomic E-state index is -1.33. The lowest BCUT2D eigenvalue weighted by atomic mass is 9.44. The number of unbranched alkanes of at least 4 members (excludes halogenated alkanes) is 2. The van der Waals surface area contributed by atoms with Crippen molar-refractivity contribution in [2.45, 2.75) is 177 Å². The van der Waals surface area contributed by atoms with Crippen molar-refractivity contribution in [2.24, 2.45) is 58.2 Å². The van der Waals surface area contributed by atoms with Crippen molar-refractivity contribution in [3.63, 3.8) is 0 Å². The molecule has 0 aliphatic heterocycles. The molecule has 0 radical (unpaired) electrons. The normalized spacial score (nSPS) is 27.5. The van der Waals surface area contributed by atoms with Crippen LogP contribution in [0, 0.1) is 58.2 Å². The number of esters is 2. The summed E-state index contributed by atoms with van der Waals surface area (Å²) >= 11 is 13.5. The van der Waals surface area contributed by atoms with E-state index in [-0.39, 0.29) is 45.5 Å². The number of hydrogen-bond acceptors (Lipinski definition) is 6. The van der Waals surface area contributed by atoms with Gasteiger partial charge in [0, 0.05) is 12.8 Å². The predicted molar refractivity (Wildman–Crippen MR) is 260 cm³/mol. The molecule has 0 bridgehead atoms. The number of halogens is 2. The zero-order chi connectivity index (χ0) is 47.2. The number of carbonyl (C=O) groups excluding carboxylic acids is 2. The van der Waals surface area contributed by atoms with Crippen LogP contribution in [0.15, 0.2) is 30.3 Å². The van der Waals surface area contributed by atoms with Crippen molar-refractivity contribution in [3.05, 3.63) is 62.6 Å². The van der Waals surface area contributed by atoms with E-state index in [9.17, 15) is 29.4 Å². The summed E-state index contributed by atoms with van der Waals surface area (Å²) in [6.07, 6.45) is 22.4. The summed E-state index contributed by atoms with van der Waals surface area (Å²) in [5.41, 5.74) is 1.60. The smallest absolute Gasteiger partial charge is 0.339 e. The molecule has 9 unspecified atom stereocenters. The Morgan fingerprint density at radius 3 is 1.82 bits per heavy atom. The molecule has 65 heavy (non-hydrogen) atoms. The molecule has 0 saturated heterocycles. The predicted octanol–water partition coefficient (Wildman–Crippen LogP) is 15.5.